The smallest absolute Gasteiger partial charge is 0.134 e. The minimum Gasteiger partial charge on any atom is -0.368 e. The number of hydrogen-bond acceptors (Lipinski definition) is 6. The van der Waals surface area contributed by atoms with Gasteiger partial charge in [-0.05, 0) is 54.8 Å². The largest absolute Gasteiger partial charge is 0.368 e. The lowest BCUT2D eigenvalue weighted by atomic mass is 10.0. The molecule has 1 aliphatic carbocycles. The Kier molecular flexibility index (Phi) is 8.10. The zero-order valence-electron chi connectivity index (χ0n) is 24.2. The highest BCUT2D eigenvalue weighted by molar-refractivity contribution is 8.76. The van der Waals surface area contributed by atoms with Gasteiger partial charge in [0.15, 0.2) is 0 Å². The molecule has 0 atom stereocenters. The minimum absolute atomic E-state index is 0.0632. The Morgan fingerprint density at radius 3 is 1.57 bits per heavy atom. The van der Waals surface area contributed by atoms with Gasteiger partial charge in [0.1, 0.15) is 34.9 Å². The number of benzene rings is 4. The molecular weight excluding hydrogens is 643 g/mol. The molecule has 0 spiro atoms. The van der Waals surface area contributed by atoms with Crippen molar-refractivity contribution in [1.82, 2.24) is 10.6 Å². The SMILES string of the molecule is C=C1NCN(Cc2c(F)cc(F)cc2F)c2ccc(SSc3ccc4c(c3)C(=C3CC3)NCN4Cc3c(F)cc(F)cc3F)cc21. The molecule has 4 nitrogen and oxygen atoms in total. The number of fused-ring (bicyclic) bond motifs is 2. The van der Waals surface area contributed by atoms with E-state index in [2.05, 4.69) is 23.3 Å². The molecule has 3 aliphatic rings. The molecule has 0 unspecified atom stereocenters. The molecule has 1 fully saturated rings. The Balaban J connectivity index is 1.11. The molecule has 2 heterocycles. The first-order chi connectivity index (χ1) is 22.1. The maximum absolute atomic E-state index is 14.5. The van der Waals surface area contributed by atoms with Gasteiger partial charge in [0, 0.05) is 79.1 Å². The lowest BCUT2D eigenvalue weighted by molar-refractivity contribution is 0.517. The third-order valence-corrected chi connectivity index (χ3v) is 10.5. The Morgan fingerprint density at radius 1 is 0.609 bits per heavy atom. The molecule has 0 saturated heterocycles. The topological polar surface area (TPSA) is 30.5 Å². The lowest BCUT2D eigenvalue weighted by Crippen LogP contribution is -2.38. The van der Waals surface area contributed by atoms with Gasteiger partial charge in [-0.25, -0.2) is 26.3 Å². The summed E-state index contributed by atoms with van der Waals surface area (Å²) in [5.41, 5.74) is 5.88. The summed E-state index contributed by atoms with van der Waals surface area (Å²) in [6.45, 7) is 4.58. The predicted octanol–water partition coefficient (Wildman–Crippen LogP) is 8.93. The monoisotopic (exact) mass is 668 g/mol. The van der Waals surface area contributed by atoms with Gasteiger partial charge in [-0.15, -0.1) is 0 Å². The molecule has 0 bridgehead atoms. The Morgan fingerprint density at radius 2 is 1.07 bits per heavy atom. The van der Waals surface area contributed by atoms with Crippen molar-refractivity contribution in [3.8, 4) is 0 Å². The zero-order valence-corrected chi connectivity index (χ0v) is 25.8. The number of rotatable bonds is 7. The quantitative estimate of drug-likeness (QED) is 0.151. The molecule has 1 saturated carbocycles. The average molecular weight is 669 g/mol. The summed E-state index contributed by atoms with van der Waals surface area (Å²) in [6.07, 6.45) is 1.97. The molecule has 7 rings (SSSR count). The summed E-state index contributed by atoms with van der Waals surface area (Å²) in [5.74, 6) is -5.64. The fourth-order valence-corrected chi connectivity index (χ4v) is 7.66. The van der Waals surface area contributed by atoms with Gasteiger partial charge in [-0.3, -0.25) is 0 Å². The van der Waals surface area contributed by atoms with Crippen LogP contribution in [-0.4, -0.2) is 13.3 Å². The molecule has 0 radical (unpaired) electrons. The van der Waals surface area contributed by atoms with Gasteiger partial charge in [0.05, 0.1) is 26.4 Å². The standard InChI is InChI=1S/C34H26F6N4S2/c1-18-24-12-22(4-6-32(24)43(16-41-18)14-26-28(37)8-20(35)9-29(26)38)45-46-23-5-7-33-25(13-23)34(19-2-3-19)42-17-44(33)15-27-30(39)10-21(36)11-31(27)40/h4-13,41-42H,1-3,14-17H2. The third kappa shape index (κ3) is 6.03. The van der Waals surface area contributed by atoms with Crippen LogP contribution in [-0.2, 0) is 13.1 Å². The summed E-state index contributed by atoms with van der Waals surface area (Å²) in [6, 6.07) is 14.4. The summed E-state index contributed by atoms with van der Waals surface area (Å²) >= 11 is 0. The molecular formula is C34H26F6N4S2. The maximum Gasteiger partial charge on any atom is 0.134 e. The molecule has 2 aliphatic heterocycles. The van der Waals surface area contributed by atoms with E-state index in [1.165, 1.54) is 16.4 Å². The number of hydrogen-bond donors (Lipinski definition) is 2. The molecule has 4 aromatic rings. The van der Waals surface area contributed by atoms with E-state index < -0.39 is 34.9 Å². The van der Waals surface area contributed by atoms with Crippen LogP contribution >= 0.6 is 21.6 Å². The van der Waals surface area contributed by atoms with E-state index in [-0.39, 0.29) is 30.9 Å². The van der Waals surface area contributed by atoms with Crippen LogP contribution in [0.5, 0.6) is 0 Å². The predicted molar refractivity (Wildman–Crippen MR) is 171 cm³/mol. The third-order valence-electron chi connectivity index (χ3n) is 8.14. The van der Waals surface area contributed by atoms with Gasteiger partial charge in [0.2, 0.25) is 0 Å². The highest BCUT2D eigenvalue weighted by Crippen LogP contribution is 2.45. The maximum atomic E-state index is 14.5. The second kappa shape index (κ2) is 12.2. The van der Waals surface area contributed by atoms with Crippen molar-refractivity contribution in [2.24, 2.45) is 0 Å². The molecule has 46 heavy (non-hydrogen) atoms. The van der Waals surface area contributed by atoms with Crippen LogP contribution in [0.4, 0.5) is 37.7 Å². The highest BCUT2D eigenvalue weighted by Gasteiger charge is 2.28. The van der Waals surface area contributed by atoms with E-state index in [1.54, 1.807) is 15.7 Å². The van der Waals surface area contributed by atoms with Gasteiger partial charge in [-0.2, -0.15) is 0 Å². The van der Waals surface area contributed by atoms with Crippen LogP contribution in [0.25, 0.3) is 11.4 Å². The summed E-state index contributed by atoms with van der Waals surface area (Å²) in [4.78, 5) is 5.49. The minimum atomic E-state index is -0.966. The van der Waals surface area contributed by atoms with Crippen LogP contribution in [0.15, 0.2) is 82.6 Å². The van der Waals surface area contributed by atoms with Crippen molar-refractivity contribution in [2.45, 2.75) is 35.7 Å². The van der Waals surface area contributed by atoms with Crippen molar-refractivity contribution in [1.29, 1.82) is 0 Å². The van der Waals surface area contributed by atoms with E-state index in [0.29, 0.717) is 36.6 Å². The van der Waals surface area contributed by atoms with Gasteiger partial charge in [-0.1, -0.05) is 28.2 Å². The van der Waals surface area contributed by atoms with Gasteiger partial charge >= 0.3 is 0 Å². The van der Waals surface area contributed by atoms with E-state index in [0.717, 1.165) is 50.8 Å². The van der Waals surface area contributed by atoms with Crippen LogP contribution in [0, 0.1) is 34.9 Å². The highest BCUT2D eigenvalue weighted by atomic mass is 33.1. The zero-order chi connectivity index (χ0) is 32.1. The second-order valence-electron chi connectivity index (χ2n) is 11.2. The molecule has 4 aromatic carbocycles. The van der Waals surface area contributed by atoms with Crippen LogP contribution < -0.4 is 20.4 Å². The molecule has 0 aromatic heterocycles. The number of nitrogens with zero attached hydrogens (tertiary/aromatic N) is 2. The van der Waals surface area contributed by atoms with Crippen LogP contribution in [0.1, 0.15) is 35.1 Å². The lowest BCUT2D eigenvalue weighted by Gasteiger charge is -2.34. The first kappa shape index (κ1) is 30.5. The van der Waals surface area contributed by atoms with Crippen molar-refractivity contribution >= 4 is 44.4 Å². The van der Waals surface area contributed by atoms with Crippen LogP contribution in [0.2, 0.25) is 0 Å². The van der Waals surface area contributed by atoms with Gasteiger partial charge in [0.25, 0.3) is 0 Å². The number of halogens is 6. The van der Waals surface area contributed by atoms with E-state index in [9.17, 15) is 26.3 Å². The van der Waals surface area contributed by atoms with E-state index in [4.69, 9.17) is 0 Å². The Labute approximate surface area is 269 Å². The summed E-state index contributed by atoms with van der Waals surface area (Å²) < 4.78 is 84.6. The average Bonchev–Trinajstić information content (AvgIpc) is 3.86. The molecule has 2 N–H and O–H groups in total. The van der Waals surface area contributed by atoms with Crippen molar-refractivity contribution in [3.63, 3.8) is 0 Å². The van der Waals surface area contributed by atoms with Crippen molar-refractivity contribution < 1.29 is 26.3 Å². The Bertz CT molecular complexity index is 1880. The number of anilines is 2. The summed E-state index contributed by atoms with van der Waals surface area (Å²) in [7, 11) is 3.07. The van der Waals surface area contributed by atoms with E-state index in [1.807, 2.05) is 35.2 Å². The van der Waals surface area contributed by atoms with E-state index >= 15 is 0 Å². The second-order valence-corrected chi connectivity index (χ2v) is 13.5. The fourth-order valence-electron chi connectivity index (χ4n) is 5.69. The number of nitrogens with one attached hydrogen (secondary N) is 2. The van der Waals surface area contributed by atoms with Crippen LogP contribution in [0.3, 0.4) is 0 Å². The molecule has 236 valence electrons. The fraction of sp³-hybridized carbons (Fsp3) is 0.176. The normalized spacial score (nSPS) is 15.4. The molecule has 0 amide bonds. The molecule has 12 heteroatoms. The first-order valence-electron chi connectivity index (χ1n) is 14.4. The van der Waals surface area contributed by atoms with Gasteiger partial charge < -0.3 is 20.4 Å². The van der Waals surface area contributed by atoms with Crippen molar-refractivity contribution in [3.05, 3.63) is 130 Å². The number of allylic oxidation sites excluding steroid dienone is 1. The Hall–Kier alpha value is -4.16. The van der Waals surface area contributed by atoms with Crippen molar-refractivity contribution in [2.75, 3.05) is 23.1 Å². The first-order valence-corrected chi connectivity index (χ1v) is 16.6. The summed E-state index contributed by atoms with van der Waals surface area (Å²) in [5, 5.41) is 6.57.